The zero-order valence-electron chi connectivity index (χ0n) is 30.9. The van der Waals surface area contributed by atoms with E-state index in [1.165, 1.54) is 71.0 Å². The van der Waals surface area contributed by atoms with E-state index in [1.807, 2.05) is 6.20 Å². The molecule has 0 saturated carbocycles. The molecular weight excluding hydrogens is 695 g/mol. The van der Waals surface area contributed by atoms with Crippen LogP contribution in [0, 0.1) is 0 Å². The molecule has 1 atom stereocenters. The van der Waals surface area contributed by atoms with Gasteiger partial charge in [0.25, 0.3) is 0 Å². The van der Waals surface area contributed by atoms with E-state index in [-0.39, 0.29) is 6.04 Å². The Hall–Kier alpha value is -7.63. The Kier molecular flexibility index (Phi) is 6.92. The maximum atomic E-state index is 5.00. The van der Waals surface area contributed by atoms with Crippen molar-refractivity contribution in [3.8, 4) is 17.1 Å². The van der Waals surface area contributed by atoms with Crippen LogP contribution in [0.5, 0.6) is 0 Å². The molecule has 0 radical (unpaired) electrons. The van der Waals surface area contributed by atoms with Crippen LogP contribution in [0.15, 0.2) is 205 Å². The molecule has 0 spiro atoms. The average molecular weight is 730 g/mol. The van der Waals surface area contributed by atoms with Crippen LogP contribution in [0.1, 0.15) is 17.2 Å². The van der Waals surface area contributed by atoms with E-state index in [4.69, 9.17) is 4.99 Å². The number of hydrogen-bond donors (Lipinski definition) is 1. The molecule has 8 aromatic carbocycles. The Balaban J connectivity index is 0.994. The summed E-state index contributed by atoms with van der Waals surface area (Å²) in [6.45, 7) is 0. The molecule has 1 aliphatic rings. The van der Waals surface area contributed by atoms with Crippen molar-refractivity contribution >= 4 is 71.3 Å². The highest BCUT2D eigenvalue weighted by Gasteiger charge is 2.21. The third-order valence-electron chi connectivity index (χ3n) is 11.7. The second kappa shape index (κ2) is 12.4. The van der Waals surface area contributed by atoms with Gasteiger partial charge in [-0.05, 0) is 78.4 Å². The number of aromatic nitrogens is 3. The summed E-state index contributed by atoms with van der Waals surface area (Å²) in [6, 6.07) is 67.9. The van der Waals surface area contributed by atoms with Crippen molar-refractivity contribution < 1.29 is 0 Å². The molecule has 3 aromatic heterocycles. The van der Waals surface area contributed by atoms with Crippen molar-refractivity contribution in [2.75, 3.05) is 0 Å². The summed E-state index contributed by atoms with van der Waals surface area (Å²) in [7, 11) is 0. The van der Waals surface area contributed by atoms with Crippen LogP contribution >= 0.6 is 0 Å². The smallest absolute Gasteiger partial charge is 0.134 e. The highest BCUT2D eigenvalue weighted by molar-refractivity contribution is 6.12. The maximum Gasteiger partial charge on any atom is 0.134 e. The third-order valence-corrected chi connectivity index (χ3v) is 11.7. The standard InChI is InChI=1S/C52H35N5/c1-7-19-46-39(13-1)40-14-2-8-20-47(40)55(46)36-27-25-34(26-28-36)45-29-30-53-52(54-45)35-31-37(56-48-21-9-3-15-41(48)42-16-4-10-22-49(42)56)33-38(32-35)57-50-23-11-5-17-43(50)44-18-6-12-24-51(44)57/h1-33,45H,(H,53,54). The minimum atomic E-state index is -0.0571. The fraction of sp³-hybridized carbons (Fsp3) is 0.0192. The topological polar surface area (TPSA) is 39.2 Å². The van der Waals surface area contributed by atoms with E-state index in [9.17, 15) is 0 Å². The van der Waals surface area contributed by atoms with E-state index in [1.54, 1.807) is 0 Å². The minimum absolute atomic E-state index is 0.0571. The van der Waals surface area contributed by atoms with Crippen LogP contribution in [-0.4, -0.2) is 19.5 Å². The van der Waals surface area contributed by atoms with Gasteiger partial charge in [0.1, 0.15) is 5.84 Å². The second-order valence-electron chi connectivity index (χ2n) is 14.9. The number of para-hydroxylation sites is 6. The Morgan fingerprint density at radius 2 is 0.719 bits per heavy atom. The molecule has 0 aliphatic carbocycles. The fourth-order valence-corrected chi connectivity index (χ4v) is 9.21. The molecule has 1 unspecified atom stereocenters. The molecule has 1 N–H and O–H groups in total. The molecule has 1 aliphatic heterocycles. The first-order valence-corrected chi connectivity index (χ1v) is 19.5. The average Bonchev–Trinajstić information content (AvgIpc) is 3.92. The minimum Gasteiger partial charge on any atom is -0.359 e. The number of hydrogen-bond acceptors (Lipinski definition) is 2. The van der Waals surface area contributed by atoms with E-state index in [0.717, 1.165) is 28.5 Å². The lowest BCUT2D eigenvalue weighted by molar-refractivity contribution is 0.776. The number of nitrogens with one attached hydrogen (secondary N) is 1. The first kappa shape index (κ1) is 31.7. The highest BCUT2D eigenvalue weighted by Crippen LogP contribution is 2.37. The summed E-state index contributed by atoms with van der Waals surface area (Å²) in [5, 5.41) is 11.3. The largest absolute Gasteiger partial charge is 0.359 e. The first-order chi connectivity index (χ1) is 28.3. The number of amidine groups is 1. The van der Waals surface area contributed by atoms with E-state index in [2.05, 4.69) is 213 Å². The Morgan fingerprint density at radius 1 is 0.368 bits per heavy atom. The van der Waals surface area contributed by atoms with Gasteiger partial charge >= 0.3 is 0 Å². The lowest BCUT2D eigenvalue weighted by Crippen LogP contribution is -2.30. The maximum absolute atomic E-state index is 5.00. The number of fused-ring (bicyclic) bond motifs is 9. The van der Waals surface area contributed by atoms with E-state index >= 15 is 0 Å². The van der Waals surface area contributed by atoms with Crippen LogP contribution in [0.2, 0.25) is 0 Å². The number of rotatable bonds is 5. The van der Waals surface area contributed by atoms with Crippen LogP contribution in [0.25, 0.3) is 82.5 Å². The van der Waals surface area contributed by atoms with Crippen LogP contribution in [0.3, 0.4) is 0 Å². The predicted molar refractivity (Wildman–Crippen MR) is 237 cm³/mol. The molecule has 5 nitrogen and oxygen atoms in total. The first-order valence-electron chi connectivity index (χ1n) is 19.5. The summed E-state index contributed by atoms with van der Waals surface area (Å²) in [5.74, 6) is 0.832. The lowest BCUT2D eigenvalue weighted by Gasteiger charge is -2.23. The highest BCUT2D eigenvalue weighted by atomic mass is 15.1. The Bertz CT molecular complexity index is 3150. The van der Waals surface area contributed by atoms with Crippen molar-refractivity contribution in [2.45, 2.75) is 6.04 Å². The van der Waals surface area contributed by atoms with Crippen LogP contribution in [0.4, 0.5) is 0 Å². The van der Waals surface area contributed by atoms with Crippen LogP contribution < -0.4 is 5.32 Å². The van der Waals surface area contributed by atoms with Gasteiger partial charge in [0, 0.05) is 61.1 Å². The van der Waals surface area contributed by atoms with Crippen molar-refractivity contribution in [3.63, 3.8) is 0 Å². The molecule has 5 heteroatoms. The van der Waals surface area contributed by atoms with Crippen molar-refractivity contribution in [1.29, 1.82) is 0 Å². The van der Waals surface area contributed by atoms with Crippen molar-refractivity contribution in [2.24, 2.45) is 4.99 Å². The summed E-state index contributed by atoms with van der Waals surface area (Å²) in [4.78, 5) is 5.00. The van der Waals surface area contributed by atoms with Gasteiger partial charge in [-0.3, -0.25) is 0 Å². The van der Waals surface area contributed by atoms with E-state index in [0.29, 0.717) is 0 Å². The van der Waals surface area contributed by atoms with Gasteiger partial charge in [-0.1, -0.05) is 121 Å². The lowest BCUT2D eigenvalue weighted by atomic mass is 10.0. The summed E-state index contributed by atoms with van der Waals surface area (Å²) in [6.07, 6.45) is 4.09. The number of nitrogens with zero attached hydrogens (tertiary/aromatic N) is 4. The number of benzene rings is 8. The van der Waals surface area contributed by atoms with Crippen LogP contribution in [-0.2, 0) is 0 Å². The van der Waals surface area contributed by atoms with Crippen molar-refractivity contribution in [3.05, 3.63) is 211 Å². The molecule has 57 heavy (non-hydrogen) atoms. The molecule has 0 fully saturated rings. The number of aliphatic imine (C=N–C) groups is 1. The van der Waals surface area contributed by atoms with Gasteiger partial charge in [0.15, 0.2) is 0 Å². The Labute approximate surface area is 328 Å². The molecular formula is C52H35N5. The molecule has 4 heterocycles. The normalized spacial score (nSPS) is 14.3. The fourth-order valence-electron chi connectivity index (χ4n) is 9.21. The van der Waals surface area contributed by atoms with Gasteiger partial charge in [-0.25, -0.2) is 4.99 Å². The third kappa shape index (κ3) is 4.85. The molecule has 0 bridgehead atoms. The molecule has 0 amide bonds. The SMILES string of the molecule is C1=CC(c2ccc(-n3c4ccccc4c4ccccc43)cc2)NC(c2cc(-n3c4ccccc4c4ccccc43)cc(-n3c4ccccc4c4ccccc43)c2)=N1. The van der Waals surface area contributed by atoms with Gasteiger partial charge < -0.3 is 19.0 Å². The van der Waals surface area contributed by atoms with Gasteiger partial charge in [0.05, 0.1) is 39.1 Å². The second-order valence-corrected chi connectivity index (χ2v) is 14.9. The molecule has 0 saturated heterocycles. The quantitative estimate of drug-likeness (QED) is 0.188. The van der Waals surface area contributed by atoms with Gasteiger partial charge in [-0.15, -0.1) is 0 Å². The predicted octanol–water partition coefficient (Wildman–Crippen LogP) is 12.6. The van der Waals surface area contributed by atoms with Gasteiger partial charge in [0.2, 0.25) is 0 Å². The van der Waals surface area contributed by atoms with Gasteiger partial charge in [-0.2, -0.15) is 0 Å². The van der Waals surface area contributed by atoms with E-state index < -0.39 is 0 Å². The summed E-state index contributed by atoms with van der Waals surface area (Å²) < 4.78 is 7.16. The zero-order valence-corrected chi connectivity index (χ0v) is 30.9. The molecule has 12 rings (SSSR count). The Morgan fingerprint density at radius 3 is 1.11 bits per heavy atom. The summed E-state index contributed by atoms with van der Waals surface area (Å²) >= 11 is 0. The zero-order chi connectivity index (χ0) is 37.5. The molecule has 268 valence electrons. The monoisotopic (exact) mass is 729 g/mol. The van der Waals surface area contributed by atoms with Crippen molar-refractivity contribution in [1.82, 2.24) is 19.0 Å². The molecule has 11 aromatic rings. The summed E-state index contributed by atoms with van der Waals surface area (Å²) in [5.41, 5.74) is 12.6.